The number of nitrogens with zero attached hydrogens (tertiary/aromatic N) is 2. The van der Waals surface area contributed by atoms with Gasteiger partial charge in [-0.15, -0.1) is 11.3 Å². The van der Waals surface area contributed by atoms with E-state index in [-0.39, 0.29) is 10.8 Å². The minimum Gasteiger partial charge on any atom is -0.380 e. The van der Waals surface area contributed by atoms with Crippen molar-refractivity contribution in [3.63, 3.8) is 0 Å². The standard InChI is InChI=1S/C12H7ClFN3OS/c13-8-3-6(14)1-2-7(8)10-11(18-17-12(10)15)9-4-16-5-19-9/h1-5H,(H2,15,17). The summed E-state index contributed by atoms with van der Waals surface area (Å²) in [6.07, 6.45) is 1.64. The zero-order valence-electron chi connectivity index (χ0n) is 9.43. The molecule has 0 atom stereocenters. The van der Waals surface area contributed by atoms with Crippen LogP contribution in [0.4, 0.5) is 10.2 Å². The van der Waals surface area contributed by atoms with Crippen LogP contribution in [-0.4, -0.2) is 10.1 Å². The summed E-state index contributed by atoms with van der Waals surface area (Å²) in [4.78, 5) is 4.75. The number of thiazole rings is 1. The second-order valence-electron chi connectivity index (χ2n) is 3.76. The van der Waals surface area contributed by atoms with Crippen molar-refractivity contribution in [2.24, 2.45) is 0 Å². The molecule has 0 amide bonds. The lowest BCUT2D eigenvalue weighted by Crippen LogP contribution is -1.90. The Labute approximate surface area is 116 Å². The molecule has 3 rings (SSSR count). The summed E-state index contributed by atoms with van der Waals surface area (Å²) in [6, 6.07) is 4.08. The van der Waals surface area contributed by atoms with E-state index in [2.05, 4.69) is 10.1 Å². The second kappa shape index (κ2) is 4.64. The van der Waals surface area contributed by atoms with Gasteiger partial charge in [-0.1, -0.05) is 16.8 Å². The van der Waals surface area contributed by atoms with Crippen LogP contribution in [0.3, 0.4) is 0 Å². The van der Waals surface area contributed by atoms with Crippen molar-refractivity contribution in [1.29, 1.82) is 0 Å². The molecule has 3 aromatic rings. The molecule has 2 aromatic heterocycles. The number of benzene rings is 1. The van der Waals surface area contributed by atoms with Crippen LogP contribution in [0.15, 0.2) is 34.4 Å². The number of hydrogen-bond acceptors (Lipinski definition) is 5. The third kappa shape index (κ3) is 2.09. The number of rotatable bonds is 2. The molecule has 0 aliphatic heterocycles. The van der Waals surface area contributed by atoms with E-state index in [0.717, 1.165) is 4.88 Å². The second-order valence-corrected chi connectivity index (χ2v) is 5.06. The summed E-state index contributed by atoms with van der Waals surface area (Å²) < 4.78 is 18.3. The highest BCUT2D eigenvalue weighted by Gasteiger charge is 2.20. The fourth-order valence-electron chi connectivity index (χ4n) is 1.75. The number of nitrogen functional groups attached to an aromatic ring is 1. The van der Waals surface area contributed by atoms with E-state index in [1.165, 1.54) is 23.5 Å². The first kappa shape index (κ1) is 12.1. The predicted molar refractivity (Wildman–Crippen MR) is 72.4 cm³/mol. The Hall–Kier alpha value is -1.92. The van der Waals surface area contributed by atoms with Crippen LogP contribution in [-0.2, 0) is 0 Å². The van der Waals surface area contributed by atoms with E-state index in [1.54, 1.807) is 17.8 Å². The molecule has 4 nitrogen and oxygen atoms in total. The van der Waals surface area contributed by atoms with Crippen LogP contribution in [0, 0.1) is 5.82 Å². The maximum atomic E-state index is 13.1. The highest BCUT2D eigenvalue weighted by molar-refractivity contribution is 7.13. The fraction of sp³-hybridized carbons (Fsp3) is 0. The topological polar surface area (TPSA) is 64.9 Å². The van der Waals surface area contributed by atoms with Gasteiger partial charge in [0.2, 0.25) is 0 Å². The number of aromatic nitrogens is 2. The Bertz CT molecular complexity index is 727. The first-order valence-electron chi connectivity index (χ1n) is 5.26. The maximum absolute atomic E-state index is 13.1. The molecule has 2 heterocycles. The molecule has 2 N–H and O–H groups in total. The summed E-state index contributed by atoms with van der Waals surface area (Å²) in [7, 11) is 0. The number of nitrogens with two attached hydrogens (primary N) is 1. The normalized spacial score (nSPS) is 10.8. The van der Waals surface area contributed by atoms with Gasteiger partial charge in [-0.2, -0.15) is 0 Å². The number of halogens is 2. The number of hydrogen-bond donors (Lipinski definition) is 1. The summed E-state index contributed by atoms with van der Waals surface area (Å²) in [6.45, 7) is 0. The molecule has 0 spiro atoms. The van der Waals surface area contributed by atoms with Crippen LogP contribution in [0.5, 0.6) is 0 Å². The molecule has 0 saturated heterocycles. The van der Waals surface area contributed by atoms with Gasteiger partial charge in [0.1, 0.15) is 5.82 Å². The Kier molecular flexibility index (Phi) is 2.96. The zero-order chi connectivity index (χ0) is 13.4. The highest BCUT2D eigenvalue weighted by atomic mass is 35.5. The lowest BCUT2D eigenvalue weighted by Gasteiger charge is -2.04. The molecule has 96 valence electrons. The van der Waals surface area contributed by atoms with Gasteiger partial charge in [0.05, 0.1) is 21.0 Å². The van der Waals surface area contributed by atoms with E-state index < -0.39 is 5.82 Å². The summed E-state index contributed by atoms with van der Waals surface area (Å²) >= 11 is 7.44. The first-order chi connectivity index (χ1) is 9.16. The smallest absolute Gasteiger partial charge is 0.188 e. The molecule has 0 unspecified atom stereocenters. The van der Waals surface area contributed by atoms with Crippen molar-refractivity contribution in [3.05, 3.63) is 40.7 Å². The summed E-state index contributed by atoms with van der Waals surface area (Å²) in [5.74, 6) is 0.272. The Balaban J connectivity index is 2.22. The fourth-order valence-corrected chi connectivity index (χ4v) is 2.62. The van der Waals surface area contributed by atoms with E-state index in [9.17, 15) is 4.39 Å². The van der Waals surface area contributed by atoms with E-state index in [0.29, 0.717) is 16.9 Å². The zero-order valence-corrected chi connectivity index (χ0v) is 11.0. The van der Waals surface area contributed by atoms with Crippen molar-refractivity contribution in [3.8, 4) is 21.8 Å². The van der Waals surface area contributed by atoms with Gasteiger partial charge in [-0.05, 0) is 18.2 Å². The third-order valence-corrected chi connectivity index (χ3v) is 3.66. The molecule has 19 heavy (non-hydrogen) atoms. The molecule has 0 aliphatic carbocycles. The minimum absolute atomic E-state index is 0.205. The van der Waals surface area contributed by atoms with Crippen LogP contribution < -0.4 is 5.73 Å². The molecule has 0 radical (unpaired) electrons. The van der Waals surface area contributed by atoms with E-state index in [4.69, 9.17) is 21.9 Å². The van der Waals surface area contributed by atoms with Crippen molar-refractivity contribution in [2.45, 2.75) is 0 Å². The average Bonchev–Trinajstić information content (AvgIpc) is 2.99. The lowest BCUT2D eigenvalue weighted by atomic mass is 10.1. The van der Waals surface area contributed by atoms with Gasteiger partial charge >= 0.3 is 0 Å². The van der Waals surface area contributed by atoms with Crippen molar-refractivity contribution in [2.75, 3.05) is 5.73 Å². The average molecular weight is 296 g/mol. The first-order valence-corrected chi connectivity index (χ1v) is 6.52. The minimum atomic E-state index is -0.414. The van der Waals surface area contributed by atoms with Crippen molar-refractivity contribution < 1.29 is 8.91 Å². The molecule has 0 aliphatic rings. The van der Waals surface area contributed by atoms with Crippen LogP contribution >= 0.6 is 22.9 Å². The van der Waals surface area contributed by atoms with Gasteiger partial charge in [-0.25, -0.2) is 4.39 Å². The molecule has 0 bridgehead atoms. The summed E-state index contributed by atoms with van der Waals surface area (Å²) in [5.41, 5.74) is 8.61. The van der Waals surface area contributed by atoms with Gasteiger partial charge in [0.25, 0.3) is 0 Å². The lowest BCUT2D eigenvalue weighted by molar-refractivity contribution is 0.437. The number of anilines is 1. The molecule has 0 fully saturated rings. The van der Waals surface area contributed by atoms with Crippen molar-refractivity contribution in [1.82, 2.24) is 10.1 Å². The monoisotopic (exact) mass is 295 g/mol. The predicted octanol–water partition coefficient (Wildman–Crippen LogP) is 3.84. The SMILES string of the molecule is Nc1noc(-c2cncs2)c1-c1ccc(F)cc1Cl. The van der Waals surface area contributed by atoms with E-state index >= 15 is 0 Å². The van der Waals surface area contributed by atoms with Crippen LogP contribution in [0.1, 0.15) is 0 Å². The van der Waals surface area contributed by atoms with Gasteiger partial charge < -0.3 is 10.3 Å². The van der Waals surface area contributed by atoms with Gasteiger partial charge in [-0.3, -0.25) is 4.98 Å². The van der Waals surface area contributed by atoms with Gasteiger partial charge in [0.15, 0.2) is 11.6 Å². The molecule has 0 saturated carbocycles. The summed E-state index contributed by atoms with van der Waals surface area (Å²) in [5, 5.41) is 3.99. The molecular formula is C12H7ClFN3OS. The van der Waals surface area contributed by atoms with Crippen LogP contribution in [0.2, 0.25) is 5.02 Å². The highest BCUT2D eigenvalue weighted by Crippen LogP contribution is 2.40. The quantitative estimate of drug-likeness (QED) is 0.780. The largest absolute Gasteiger partial charge is 0.380 e. The maximum Gasteiger partial charge on any atom is 0.188 e. The van der Waals surface area contributed by atoms with E-state index in [1.807, 2.05) is 0 Å². The Morgan fingerprint density at radius 1 is 1.37 bits per heavy atom. The molecular weight excluding hydrogens is 289 g/mol. The van der Waals surface area contributed by atoms with Gasteiger partial charge in [0, 0.05) is 11.8 Å². The Morgan fingerprint density at radius 2 is 2.21 bits per heavy atom. The van der Waals surface area contributed by atoms with Crippen LogP contribution in [0.25, 0.3) is 21.8 Å². The van der Waals surface area contributed by atoms with Crippen molar-refractivity contribution >= 4 is 28.8 Å². The Morgan fingerprint density at radius 3 is 2.89 bits per heavy atom. The molecule has 1 aromatic carbocycles. The third-order valence-electron chi connectivity index (χ3n) is 2.58. The molecule has 7 heteroatoms.